The van der Waals surface area contributed by atoms with Crippen molar-refractivity contribution in [1.82, 2.24) is 4.90 Å². The van der Waals surface area contributed by atoms with Crippen LogP contribution in [0.1, 0.15) is 51.7 Å². The molecule has 1 fully saturated rings. The van der Waals surface area contributed by atoms with E-state index in [1.54, 1.807) is 17.9 Å². The van der Waals surface area contributed by atoms with Gasteiger partial charge >= 0.3 is 12.1 Å². The van der Waals surface area contributed by atoms with Gasteiger partial charge in [0.1, 0.15) is 5.60 Å². The Kier molecular flexibility index (Phi) is 6.85. The van der Waals surface area contributed by atoms with Crippen LogP contribution in [0, 0.1) is 11.3 Å². The molecule has 28 heavy (non-hydrogen) atoms. The quantitative estimate of drug-likeness (QED) is 0.578. The van der Waals surface area contributed by atoms with Crippen molar-refractivity contribution in [3.8, 4) is 6.07 Å². The first-order valence-corrected chi connectivity index (χ1v) is 9.54. The minimum atomic E-state index is -0.714. The zero-order valence-electron chi connectivity index (χ0n) is 17.0. The Balaban J connectivity index is 2.20. The van der Waals surface area contributed by atoms with Gasteiger partial charge in [0.05, 0.1) is 18.1 Å². The minimum Gasteiger partial charge on any atom is -0.463 e. The third kappa shape index (κ3) is 5.35. The smallest absolute Gasteiger partial charge is 0.410 e. The van der Waals surface area contributed by atoms with E-state index in [0.717, 1.165) is 11.1 Å². The SMILES string of the molecule is CCOC(=O)C=Cc1ccccc1C1(C#N)CCN(C(=O)OC(C)(C)C)CC1. The monoisotopic (exact) mass is 384 g/mol. The second-order valence-electron chi connectivity index (χ2n) is 7.83. The maximum Gasteiger partial charge on any atom is 0.410 e. The highest BCUT2D eigenvalue weighted by Crippen LogP contribution is 2.37. The minimum absolute atomic E-state index is 0.313. The highest BCUT2D eigenvalue weighted by atomic mass is 16.6. The van der Waals surface area contributed by atoms with E-state index in [0.29, 0.717) is 32.5 Å². The summed E-state index contributed by atoms with van der Waals surface area (Å²) in [5, 5.41) is 9.99. The molecular formula is C22H28N2O4. The van der Waals surface area contributed by atoms with Crippen molar-refractivity contribution in [3.63, 3.8) is 0 Å². The van der Waals surface area contributed by atoms with Crippen LogP contribution in [0.2, 0.25) is 0 Å². The maximum absolute atomic E-state index is 12.3. The summed E-state index contributed by atoms with van der Waals surface area (Å²) in [7, 11) is 0. The molecule has 150 valence electrons. The standard InChI is InChI=1S/C22H28N2O4/c1-5-27-19(25)11-10-17-8-6-7-9-18(17)22(16-23)12-14-24(15-13-22)20(26)28-21(2,3)4/h6-11H,5,12-15H2,1-4H3. The van der Waals surface area contributed by atoms with Crippen LogP contribution in [-0.2, 0) is 19.7 Å². The highest BCUT2D eigenvalue weighted by Gasteiger charge is 2.39. The zero-order chi connectivity index (χ0) is 20.8. The van der Waals surface area contributed by atoms with Gasteiger partial charge in [-0.15, -0.1) is 0 Å². The van der Waals surface area contributed by atoms with Gasteiger partial charge in [0, 0.05) is 19.2 Å². The summed E-state index contributed by atoms with van der Waals surface area (Å²) in [5.41, 5.74) is 0.407. The zero-order valence-corrected chi connectivity index (χ0v) is 17.0. The number of rotatable bonds is 4. The normalized spacial score (nSPS) is 16.5. The molecule has 0 atom stereocenters. The summed E-state index contributed by atoms with van der Waals surface area (Å²) in [5.74, 6) is -0.414. The van der Waals surface area contributed by atoms with Crippen molar-refractivity contribution >= 4 is 18.1 Å². The van der Waals surface area contributed by atoms with E-state index in [-0.39, 0.29) is 6.09 Å². The largest absolute Gasteiger partial charge is 0.463 e. The van der Waals surface area contributed by atoms with E-state index in [4.69, 9.17) is 9.47 Å². The van der Waals surface area contributed by atoms with Crippen molar-refractivity contribution in [2.45, 2.75) is 51.6 Å². The van der Waals surface area contributed by atoms with Crippen molar-refractivity contribution in [2.75, 3.05) is 19.7 Å². The number of hydrogen-bond acceptors (Lipinski definition) is 5. The van der Waals surface area contributed by atoms with Gasteiger partial charge in [-0.2, -0.15) is 5.26 Å². The molecule has 6 heteroatoms. The Hall–Kier alpha value is -2.81. The number of nitrogens with zero attached hydrogens (tertiary/aromatic N) is 2. The van der Waals surface area contributed by atoms with Gasteiger partial charge in [0.2, 0.25) is 0 Å². The number of ether oxygens (including phenoxy) is 2. The van der Waals surface area contributed by atoms with Crippen molar-refractivity contribution in [1.29, 1.82) is 5.26 Å². The molecule has 1 aliphatic heterocycles. The number of piperidine rings is 1. The van der Waals surface area contributed by atoms with Gasteiger partial charge in [0.25, 0.3) is 0 Å². The highest BCUT2D eigenvalue weighted by molar-refractivity contribution is 5.87. The molecule has 0 bridgehead atoms. The molecule has 1 aromatic carbocycles. The van der Waals surface area contributed by atoms with Crippen LogP contribution in [0.25, 0.3) is 6.08 Å². The Morgan fingerprint density at radius 3 is 2.46 bits per heavy atom. The van der Waals surface area contributed by atoms with Crippen molar-refractivity contribution in [2.24, 2.45) is 0 Å². The molecule has 0 spiro atoms. The van der Waals surface area contributed by atoms with Crippen molar-refractivity contribution < 1.29 is 19.1 Å². The summed E-state index contributed by atoms with van der Waals surface area (Å²) in [6, 6.07) is 10.0. The fourth-order valence-corrected chi connectivity index (χ4v) is 3.27. The number of hydrogen-bond donors (Lipinski definition) is 0. The van der Waals surface area contributed by atoms with Gasteiger partial charge < -0.3 is 14.4 Å². The van der Waals surface area contributed by atoms with E-state index in [2.05, 4.69) is 6.07 Å². The number of carbonyl (C=O) groups is 2. The van der Waals surface area contributed by atoms with Crippen LogP contribution in [0.3, 0.4) is 0 Å². The Morgan fingerprint density at radius 1 is 1.25 bits per heavy atom. The van der Waals surface area contributed by atoms with Crippen LogP contribution in [0.4, 0.5) is 4.79 Å². The molecule has 1 amide bonds. The molecule has 6 nitrogen and oxygen atoms in total. The number of carbonyl (C=O) groups excluding carboxylic acids is 2. The lowest BCUT2D eigenvalue weighted by atomic mass is 9.72. The summed E-state index contributed by atoms with van der Waals surface area (Å²) in [6.45, 7) is 8.45. The topological polar surface area (TPSA) is 79.6 Å². The maximum atomic E-state index is 12.3. The number of benzene rings is 1. The Morgan fingerprint density at radius 2 is 1.89 bits per heavy atom. The van der Waals surface area contributed by atoms with E-state index in [1.165, 1.54) is 6.08 Å². The third-order valence-corrected chi connectivity index (χ3v) is 4.64. The van der Waals surface area contributed by atoms with Crippen LogP contribution >= 0.6 is 0 Å². The van der Waals surface area contributed by atoms with Gasteiger partial charge in [-0.05, 0) is 57.7 Å². The molecule has 0 radical (unpaired) electrons. The van der Waals surface area contributed by atoms with E-state index < -0.39 is 17.0 Å². The fourth-order valence-electron chi connectivity index (χ4n) is 3.27. The third-order valence-electron chi connectivity index (χ3n) is 4.64. The lowest BCUT2D eigenvalue weighted by Crippen LogP contribution is -2.46. The van der Waals surface area contributed by atoms with Gasteiger partial charge in [0.15, 0.2) is 0 Å². The summed E-state index contributed by atoms with van der Waals surface area (Å²) in [6.07, 6.45) is 3.73. The van der Waals surface area contributed by atoms with Crippen molar-refractivity contribution in [3.05, 3.63) is 41.5 Å². The Bertz CT molecular complexity index is 778. The molecule has 1 aliphatic rings. The molecular weight excluding hydrogens is 356 g/mol. The Labute approximate surface area is 166 Å². The molecule has 0 N–H and O–H groups in total. The molecule has 0 saturated carbocycles. The molecule has 0 aromatic heterocycles. The summed E-state index contributed by atoms with van der Waals surface area (Å²) < 4.78 is 10.4. The predicted molar refractivity (Wildman–Crippen MR) is 106 cm³/mol. The number of amides is 1. The molecule has 1 heterocycles. The summed E-state index contributed by atoms with van der Waals surface area (Å²) >= 11 is 0. The van der Waals surface area contributed by atoms with Gasteiger partial charge in [-0.1, -0.05) is 24.3 Å². The molecule has 2 rings (SSSR count). The lowest BCUT2D eigenvalue weighted by molar-refractivity contribution is -0.137. The first kappa shape index (κ1) is 21.5. The first-order chi connectivity index (χ1) is 13.2. The number of esters is 1. The molecule has 0 unspecified atom stereocenters. The van der Waals surface area contributed by atoms with E-state index in [1.807, 2.05) is 45.0 Å². The number of likely N-dealkylation sites (tertiary alicyclic amines) is 1. The first-order valence-electron chi connectivity index (χ1n) is 9.54. The second-order valence-corrected chi connectivity index (χ2v) is 7.83. The predicted octanol–water partition coefficient (Wildman–Crippen LogP) is 4.06. The second kappa shape index (κ2) is 8.92. The van der Waals surface area contributed by atoms with Crippen LogP contribution < -0.4 is 0 Å². The lowest BCUT2D eigenvalue weighted by Gasteiger charge is -2.38. The molecule has 1 saturated heterocycles. The number of nitriles is 1. The average molecular weight is 384 g/mol. The van der Waals surface area contributed by atoms with E-state index in [9.17, 15) is 14.9 Å². The van der Waals surface area contributed by atoms with Crippen LogP contribution in [0.15, 0.2) is 30.3 Å². The van der Waals surface area contributed by atoms with Crippen LogP contribution in [-0.4, -0.2) is 42.3 Å². The van der Waals surface area contributed by atoms with Crippen LogP contribution in [0.5, 0.6) is 0 Å². The fraction of sp³-hybridized carbons (Fsp3) is 0.500. The van der Waals surface area contributed by atoms with Gasteiger partial charge in [-0.25, -0.2) is 9.59 Å². The average Bonchev–Trinajstić information content (AvgIpc) is 2.65. The van der Waals surface area contributed by atoms with Gasteiger partial charge in [-0.3, -0.25) is 0 Å². The van der Waals surface area contributed by atoms with E-state index >= 15 is 0 Å². The molecule has 0 aliphatic carbocycles. The molecule has 1 aromatic rings. The summed E-state index contributed by atoms with van der Waals surface area (Å²) in [4.78, 5) is 25.6.